The number of phosphoric ester groups is 2. The lowest BCUT2D eigenvalue weighted by molar-refractivity contribution is -0.161. The summed E-state index contributed by atoms with van der Waals surface area (Å²) in [5, 5.41) is 10.6. The molecule has 0 saturated heterocycles. The minimum absolute atomic E-state index is 0.105. The maximum atomic E-state index is 13.1. The first-order valence-corrected chi connectivity index (χ1v) is 44.9. The quantitative estimate of drug-likeness (QED) is 0.0222. The molecular weight excluding hydrogens is 1310 g/mol. The van der Waals surface area contributed by atoms with Gasteiger partial charge in [0.1, 0.15) is 19.3 Å². The number of carbonyl (C=O) groups is 4. The Kier molecular flexibility index (Phi) is 69.9. The molecule has 0 rings (SSSR count). The molecule has 0 aromatic rings. The first kappa shape index (κ1) is 98.1. The van der Waals surface area contributed by atoms with Crippen molar-refractivity contribution in [3.8, 4) is 0 Å². The van der Waals surface area contributed by atoms with E-state index in [1.807, 2.05) is 0 Å². The molecule has 0 aromatic carbocycles. The summed E-state index contributed by atoms with van der Waals surface area (Å²) in [6, 6.07) is 0. The molecule has 0 bridgehead atoms. The van der Waals surface area contributed by atoms with E-state index < -0.39 is 97.5 Å². The fraction of sp³-hybridized carbons (Fsp3) is 0.951. The van der Waals surface area contributed by atoms with Crippen LogP contribution in [-0.4, -0.2) is 96.7 Å². The Labute approximate surface area is 613 Å². The van der Waals surface area contributed by atoms with Crippen LogP contribution in [0.3, 0.4) is 0 Å². The fourth-order valence-corrected chi connectivity index (χ4v) is 14.0. The number of hydrogen-bond donors (Lipinski definition) is 3. The molecule has 7 atom stereocenters. The number of phosphoric acid groups is 2. The van der Waals surface area contributed by atoms with Gasteiger partial charge in [0.15, 0.2) is 12.2 Å². The third-order valence-corrected chi connectivity index (χ3v) is 21.5. The smallest absolute Gasteiger partial charge is 0.462 e. The van der Waals surface area contributed by atoms with E-state index in [2.05, 4.69) is 48.5 Å². The number of unbranched alkanes of at least 4 members (excludes halogenated alkanes) is 45. The number of carbonyl (C=O) groups excluding carboxylic acids is 4. The number of aliphatic hydroxyl groups is 1. The highest BCUT2D eigenvalue weighted by molar-refractivity contribution is 7.47. The lowest BCUT2D eigenvalue weighted by atomic mass is 9.99. The lowest BCUT2D eigenvalue weighted by Gasteiger charge is -2.21. The van der Waals surface area contributed by atoms with E-state index in [1.165, 1.54) is 231 Å². The zero-order chi connectivity index (χ0) is 73.7. The lowest BCUT2D eigenvalue weighted by Crippen LogP contribution is -2.30. The molecule has 3 N–H and O–H groups in total. The SMILES string of the molecule is CCCCCCCCCCCCCCCCC(=O)OC[C@H](COP(=O)(O)OC[C@@H](O)COP(=O)(O)OC[C@@H](COC(=O)CCCCCCCCCCC(C)CC)OC(=O)CCCCCCCCCCCC(C)C)OC(=O)CCCCCCCCCCCCCCCCCCCCC(C)CC. The Morgan fingerprint density at radius 2 is 0.510 bits per heavy atom. The van der Waals surface area contributed by atoms with Crippen LogP contribution in [-0.2, 0) is 65.4 Å². The summed E-state index contributed by atoms with van der Waals surface area (Å²) < 4.78 is 68.7. The number of rotatable bonds is 79. The summed E-state index contributed by atoms with van der Waals surface area (Å²) in [5.74, 6) is 0.273. The number of esters is 4. The molecule has 100 heavy (non-hydrogen) atoms. The van der Waals surface area contributed by atoms with E-state index in [0.717, 1.165) is 108 Å². The molecule has 0 aliphatic heterocycles. The molecule has 17 nitrogen and oxygen atoms in total. The van der Waals surface area contributed by atoms with Crippen LogP contribution < -0.4 is 0 Å². The normalized spacial score (nSPS) is 14.5. The van der Waals surface area contributed by atoms with E-state index in [-0.39, 0.29) is 25.7 Å². The average molecular weight is 1470 g/mol. The van der Waals surface area contributed by atoms with Gasteiger partial charge < -0.3 is 33.8 Å². The fourth-order valence-electron chi connectivity index (χ4n) is 12.4. The van der Waals surface area contributed by atoms with E-state index in [4.69, 9.17) is 37.0 Å². The van der Waals surface area contributed by atoms with Gasteiger partial charge in [0.05, 0.1) is 26.4 Å². The second kappa shape index (κ2) is 71.3. The number of hydrogen-bond acceptors (Lipinski definition) is 15. The van der Waals surface area contributed by atoms with Crippen LogP contribution in [0.25, 0.3) is 0 Å². The standard InChI is InChI=1S/C81H158O17P2/c1-8-11-12-13-14-15-16-17-25-28-33-41-48-55-62-78(83)91-68-76(97-80(85)64-57-50-43-34-29-26-23-21-19-18-20-22-24-27-32-39-46-53-60-73(6)9-2)70-95-99(87,88)93-66-75(82)67-94-100(89,90)96-71-77(98-81(86)65-58-51-44-35-30-31-38-45-52-59-72(4)5)69-92-79(84)63-56-49-42-37-36-40-47-54-61-74(7)10-3/h72-77,82H,8-71H2,1-7H3,(H,87,88)(H,89,90)/t73?,74?,75-,76-,77-/m1/s1. The van der Waals surface area contributed by atoms with E-state index in [0.29, 0.717) is 25.7 Å². The second-order valence-electron chi connectivity index (χ2n) is 30.1. The van der Waals surface area contributed by atoms with Crippen LogP contribution in [0.2, 0.25) is 0 Å². The maximum absolute atomic E-state index is 13.1. The van der Waals surface area contributed by atoms with Crippen molar-refractivity contribution < 1.29 is 80.2 Å². The summed E-state index contributed by atoms with van der Waals surface area (Å²) in [4.78, 5) is 73.0. The molecule has 0 heterocycles. The van der Waals surface area contributed by atoms with Gasteiger partial charge in [0.2, 0.25) is 0 Å². The average Bonchev–Trinajstić information content (AvgIpc) is 0.960. The van der Waals surface area contributed by atoms with E-state index in [1.54, 1.807) is 0 Å². The van der Waals surface area contributed by atoms with Gasteiger partial charge in [-0.05, 0) is 43.4 Å². The molecule has 0 fully saturated rings. The molecule has 0 spiro atoms. The summed E-state index contributed by atoms with van der Waals surface area (Å²) in [6.45, 7) is 12.0. The zero-order valence-electron chi connectivity index (χ0n) is 65.7. The van der Waals surface area contributed by atoms with Crippen molar-refractivity contribution in [3.05, 3.63) is 0 Å². The molecule has 19 heteroatoms. The molecule has 0 aliphatic rings. The van der Waals surface area contributed by atoms with Crippen molar-refractivity contribution in [3.63, 3.8) is 0 Å². The highest BCUT2D eigenvalue weighted by Crippen LogP contribution is 2.45. The molecule has 0 aliphatic carbocycles. The van der Waals surface area contributed by atoms with Crippen molar-refractivity contribution in [1.82, 2.24) is 0 Å². The molecule has 0 saturated carbocycles. The van der Waals surface area contributed by atoms with Crippen LogP contribution in [0, 0.1) is 17.8 Å². The van der Waals surface area contributed by atoms with Gasteiger partial charge in [0, 0.05) is 25.7 Å². The molecule has 0 radical (unpaired) electrons. The molecule has 0 aromatic heterocycles. The second-order valence-corrected chi connectivity index (χ2v) is 33.0. The highest BCUT2D eigenvalue weighted by Gasteiger charge is 2.30. The Morgan fingerprint density at radius 1 is 0.290 bits per heavy atom. The minimum Gasteiger partial charge on any atom is -0.462 e. The zero-order valence-corrected chi connectivity index (χ0v) is 67.5. The summed E-state index contributed by atoms with van der Waals surface area (Å²) in [6.07, 6.45) is 59.6. The third-order valence-electron chi connectivity index (χ3n) is 19.6. The Morgan fingerprint density at radius 3 is 0.760 bits per heavy atom. The van der Waals surface area contributed by atoms with Crippen LogP contribution in [0.15, 0.2) is 0 Å². The van der Waals surface area contributed by atoms with Crippen LogP contribution in [0.1, 0.15) is 421 Å². The molecule has 0 amide bonds. The van der Waals surface area contributed by atoms with Crippen molar-refractivity contribution in [2.24, 2.45) is 17.8 Å². The first-order valence-electron chi connectivity index (χ1n) is 41.9. The predicted molar refractivity (Wildman–Crippen MR) is 409 cm³/mol. The van der Waals surface area contributed by atoms with Gasteiger partial charge >= 0.3 is 39.5 Å². The van der Waals surface area contributed by atoms with Crippen molar-refractivity contribution in [1.29, 1.82) is 0 Å². The van der Waals surface area contributed by atoms with Crippen molar-refractivity contribution in [2.45, 2.75) is 439 Å². The maximum Gasteiger partial charge on any atom is 0.472 e. The van der Waals surface area contributed by atoms with Crippen LogP contribution >= 0.6 is 15.6 Å². The third kappa shape index (κ3) is 71.7. The minimum atomic E-state index is -4.96. The predicted octanol–water partition coefficient (Wildman–Crippen LogP) is 24.1. The van der Waals surface area contributed by atoms with Gasteiger partial charge in [-0.15, -0.1) is 0 Å². The topological polar surface area (TPSA) is 237 Å². The molecule has 4 unspecified atom stereocenters. The van der Waals surface area contributed by atoms with Gasteiger partial charge in [-0.3, -0.25) is 37.3 Å². The van der Waals surface area contributed by atoms with Gasteiger partial charge in [-0.25, -0.2) is 9.13 Å². The van der Waals surface area contributed by atoms with Gasteiger partial charge in [-0.1, -0.05) is 370 Å². The van der Waals surface area contributed by atoms with Crippen LogP contribution in [0.5, 0.6) is 0 Å². The monoisotopic (exact) mass is 1470 g/mol. The van der Waals surface area contributed by atoms with Gasteiger partial charge in [0.25, 0.3) is 0 Å². The highest BCUT2D eigenvalue weighted by atomic mass is 31.2. The Bertz CT molecular complexity index is 1940. The molecular formula is C81H158O17P2. The van der Waals surface area contributed by atoms with Crippen molar-refractivity contribution >= 4 is 39.5 Å². The number of ether oxygens (including phenoxy) is 4. The Hall–Kier alpha value is -1.94. The summed E-state index contributed by atoms with van der Waals surface area (Å²) in [7, 11) is -9.92. The first-order chi connectivity index (χ1) is 48.3. The van der Waals surface area contributed by atoms with Crippen LogP contribution in [0.4, 0.5) is 0 Å². The van der Waals surface area contributed by atoms with Crippen molar-refractivity contribution in [2.75, 3.05) is 39.6 Å². The number of aliphatic hydroxyl groups excluding tert-OH is 1. The van der Waals surface area contributed by atoms with Gasteiger partial charge in [-0.2, -0.15) is 0 Å². The Balaban J connectivity index is 5.22. The summed E-state index contributed by atoms with van der Waals surface area (Å²) >= 11 is 0. The molecule has 594 valence electrons. The van der Waals surface area contributed by atoms with E-state index >= 15 is 0 Å². The summed E-state index contributed by atoms with van der Waals surface area (Å²) in [5.41, 5.74) is 0. The van der Waals surface area contributed by atoms with E-state index in [9.17, 15) is 43.2 Å². The largest absolute Gasteiger partial charge is 0.472 e.